The Morgan fingerprint density at radius 3 is 2.50 bits per heavy atom. The van der Waals surface area contributed by atoms with Crippen molar-refractivity contribution in [3.05, 3.63) is 66.1 Å². The maximum Gasteiger partial charge on any atom is 0.198 e. The molecule has 0 aliphatic carbocycles. The number of aliphatic hydroxyl groups excluding tert-OH is 1. The van der Waals surface area contributed by atoms with Gasteiger partial charge in [-0.05, 0) is 43.6 Å². The number of rotatable bonds is 4. The fourth-order valence-corrected chi connectivity index (χ4v) is 3.45. The minimum Gasteiger partial charge on any atom is -0.440 e. The molecule has 0 spiro atoms. The summed E-state index contributed by atoms with van der Waals surface area (Å²) in [6, 6.07) is 17.8. The molecule has 1 aliphatic rings. The standard InChI is InChI=1S/C20H22N2O2/c23-18(15-6-2-1-3-7-15)14-22-12-10-16(11-13-22)20-21-17-8-4-5-9-19(17)24-20/h1-9,16,18,23H,10-14H2/t18-/m0/s1. The zero-order valence-corrected chi connectivity index (χ0v) is 13.6. The van der Waals surface area contributed by atoms with E-state index in [2.05, 4.69) is 9.88 Å². The van der Waals surface area contributed by atoms with Crippen LogP contribution >= 0.6 is 0 Å². The van der Waals surface area contributed by atoms with Gasteiger partial charge in [-0.1, -0.05) is 42.5 Å². The van der Waals surface area contributed by atoms with Crippen LogP contribution in [0.15, 0.2) is 59.0 Å². The number of likely N-dealkylation sites (tertiary alicyclic amines) is 1. The van der Waals surface area contributed by atoms with E-state index in [0.29, 0.717) is 12.5 Å². The minimum atomic E-state index is -0.424. The normalized spacial score (nSPS) is 18.0. The largest absolute Gasteiger partial charge is 0.440 e. The number of aliphatic hydroxyl groups is 1. The number of β-amino-alcohol motifs (C(OH)–C–C–N with tert-alkyl or cyclic N) is 1. The van der Waals surface area contributed by atoms with E-state index in [4.69, 9.17) is 4.42 Å². The molecule has 0 bridgehead atoms. The van der Waals surface area contributed by atoms with Crippen LogP contribution in [0.2, 0.25) is 0 Å². The fourth-order valence-electron chi connectivity index (χ4n) is 3.45. The molecule has 1 saturated heterocycles. The third-order valence-corrected chi connectivity index (χ3v) is 4.86. The lowest BCUT2D eigenvalue weighted by Gasteiger charge is -2.32. The predicted molar refractivity (Wildman–Crippen MR) is 93.8 cm³/mol. The molecule has 2 aromatic carbocycles. The van der Waals surface area contributed by atoms with Crippen molar-refractivity contribution in [3.63, 3.8) is 0 Å². The van der Waals surface area contributed by atoms with E-state index < -0.39 is 6.10 Å². The number of piperidine rings is 1. The Kier molecular flexibility index (Phi) is 4.32. The quantitative estimate of drug-likeness (QED) is 0.795. The number of benzene rings is 2. The van der Waals surface area contributed by atoms with Crippen molar-refractivity contribution in [1.29, 1.82) is 0 Å². The molecule has 4 rings (SSSR count). The molecule has 2 heterocycles. The number of para-hydroxylation sites is 2. The summed E-state index contributed by atoms with van der Waals surface area (Å²) in [5, 5.41) is 10.4. The number of aromatic nitrogens is 1. The van der Waals surface area contributed by atoms with E-state index >= 15 is 0 Å². The van der Waals surface area contributed by atoms with E-state index in [1.54, 1.807) is 0 Å². The van der Waals surface area contributed by atoms with Gasteiger partial charge in [0.1, 0.15) is 5.52 Å². The molecule has 1 atom stereocenters. The van der Waals surface area contributed by atoms with E-state index in [-0.39, 0.29) is 0 Å². The third kappa shape index (κ3) is 3.21. The summed E-state index contributed by atoms with van der Waals surface area (Å²) in [5.41, 5.74) is 2.79. The van der Waals surface area contributed by atoms with Crippen LogP contribution in [0.1, 0.15) is 36.3 Å². The lowest BCUT2D eigenvalue weighted by molar-refractivity contribution is 0.0951. The van der Waals surface area contributed by atoms with Crippen molar-refractivity contribution in [2.45, 2.75) is 24.9 Å². The minimum absolute atomic E-state index is 0.377. The van der Waals surface area contributed by atoms with Crippen molar-refractivity contribution in [3.8, 4) is 0 Å². The Labute approximate surface area is 141 Å². The fraction of sp³-hybridized carbons (Fsp3) is 0.350. The first-order valence-corrected chi connectivity index (χ1v) is 8.60. The molecule has 4 nitrogen and oxygen atoms in total. The van der Waals surface area contributed by atoms with Gasteiger partial charge in [-0.25, -0.2) is 4.98 Å². The van der Waals surface area contributed by atoms with Gasteiger partial charge in [0.15, 0.2) is 11.5 Å². The lowest BCUT2D eigenvalue weighted by atomic mass is 9.96. The smallest absolute Gasteiger partial charge is 0.198 e. The molecule has 1 N–H and O–H groups in total. The maximum atomic E-state index is 10.4. The van der Waals surface area contributed by atoms with E-state index in [0.717, 1.165) is 48.5 Å². The van der Waals surface area contributed by atoms with Crippen LogP contribution in [0.5, 0.6) is 0 Å². The van der Waals surface area contributed by atoms with Crippen LogP contribution in [0.4, 0.5) is 0 Å². The van der Waals surface area contributed by atoms with Gasteiger partial charge in [0, 0.05) is 12.5 Å². The first kappa shape index (κ1) is 15.4. The van der Waals surface area contributed by atoms with Crippen LogP contribution in [0, 0.1) is 0 Å². The Morgan fingerprint density at radius 1 is 1.04 bits per heavy atom. The number of hydrogen-bond acceptors (Lipinski definition) is 4. The number of hydrogen-bond donors (Lipinski definition) is 1. The maximum absolute atomic E-state index is 10.4. The summed E-state index contributed by atoms with van der Waals surface area (Å²) in [5.74, 6) is 1.24. The summed E-state index contributed by atoms with van der Waals surface area (Å²) in [6.07, 6.45) is 1.62. The molecule has 1 aliphatic heterocycles. The number of fused-ring (bicyclic) bond motifs is 1. The van der Waals surface area contributed by atoms with Crippen LogP contribution in [-0.2, 0) is 0 Å². The van der Waals surface area contributed by atoms with E-state index in [1.165, 1.54) is 0 Å². The average molecular weight is 322 g/mol. The summed E-state index contributed by atoms with van der Waals surface area (Å²) < 4.78 is 5.91. The summed E-state index contributed by atoms with van der Waals surface area (Å²) in [4.78, 5) is 6.97. The molecule has 0 amide bonds. The van der Waals surface area contributed by atoms with Gasteiger partial charge in [0.2, 0.25) is 0 Å². The van der Waals surface area contributed by atoms with Gasteiger partial charge >= 0.3 is 0 Å². The van der Waals surface area contributed by atoms with E-state index in [9.17, 15) is 5.11 Å². The van der Waals surface area contributed by atoms with Gasteiger partial charge in [-0.3, -0.25) is 0 Å². The summed E-state index contributed by atoms with van der Waals surface area (Å²) >= 11 is 0. The highest BCUT2D eigenvalue weighted by atomic mass is 16.3. The topological polar surface area (TPSA) is 49.5 Å². The van der Waals surface area contributed by atoms with Gasteiger partial charge in [-0.15, -0.1) is 0 Å². The molecule has 24 heavy (non-hydrogen) atoms. The summed E-state index contributed by atoms with van der Waals surface area (Å²) in [7, 11) is 0. The first-order valence-electron chi connectivity index (χ1n) is 8.60. The summed E-state index contributed by atoms with van der Waals surface area (Å²) in [6.45, 7) is 2.62. The SMILES string of the molecule is O[C@@H](CN1CCC(c2nc3ccccc3o2)CC1)c1ccccc1. The second-order valence-corrected chi connectivity index (χ2v) is 6.52. The lowest BCUT2D eigenvalue weighted by Crippen LogP contribution is -2.36. The van der Waals surface area contributed by atoms with Crippen molar-refractivity contribution in [2.24, 2.45) is 0 Å². The second-order valence-electron chi connectivity index (χ2n) is 6.52. The average Bonchev–Trinajstić information content (AvgIpc) is 3.07. The Morgan fingerprint density at radius 2 is 1.75 bits per heavy atom. The van der Waals surface area contributed by atoms with Crippen molar-refractivity contribution >= 4 is 11.1 Å². The molecule has 124 valence electrons. The Hall–Kier alpha value is -2.17. The Balaban J connectivity index is 1.36. The monoisotopic (exact) mass is 322 g/mol. The molecule has 1 aromatic heterocycles. The number of oxazole rings is 1. The molecule has 3 aromatic rings. The first-order chi connectivity index (χ1) is 11.8. The van der Waals surface area contributed by atoms with Gasteiger partial charge < -0.3 is 14.4 Å². The van der Waals surface area contributed by atoms with Crippen LogP contribution in [-0.4, -0.2) is 34.6 Å². The molecule has 1 fully saturated rings. The van der Waals surface area contributed by atoms with Crippen molar-refractivity contribution < 1.29 is 9.52 Å². The van der Waals surface area contributed by atoms with Crippen LogP contribution in [0.25, 0.3) is 11.1 Å². The van der Waals surface area contributed by atoms with E-state index in [1.807, 2.05) is 54.6 Å². The third-order valence-electron chi connectivity index (χ3n) is 4.86. The Bertz CT molecular complexity index is 759. The number of nitrogens with zero attached hydrogens (tertiary/aromatic N) is 2. The highest BCUT2D eigenvalue weighted by molar-refractivity contribution is 5.72. The van der Waals surface area contributed by atoms with Gasteiger partial charge in [0.05, 0.1) is 6.10 Å². The molecular weight excluding hydrogens is 300 g/mol. The van der Waals surface area contributed by atoms with Crippen LogP contribution in [0.3, 0.4) is 0 Å². The highest BCUT2D eigenvalue weighted by Gasteiger charge is 2.25. The predicted octanol–water partition coefficient (Wildman–Crippen LogP) is 3.74. The molecule has 0 unspecified atom stereocenters. The highest BCUT2D eigenvalue weighted by Crippen LogP contribution is 2.30. The zero-order chi connectivity index (χ0) is 16.4. The molecular formula is C20H22N2O2. The van der Waals surface area contributed by atoms with Crippen molar-refractivity contribution in [1.82, 2.24) is 9.88 Å². The van der Waals surface area contributed by atoms with Crippen molar-refractivity contribution in [2.75, 3.05) is 19.6 Å². The molecule has 0 saturated carbocycles. The van der Waals surface area contributed by atoms with Crippen LogP contribution < -0.4 is 0 Å². The van der Waals surface area contributed by atoms with Gasteiger partial charge in [-0.2, -0.15) is 0 Å². The second kappa shape index (κ2) is 6.75. The van der Waals surface area contributed by atoms with Gasteiger partial charge in [0.25, 0.3) is 0 Å². The molecule has 4 heteroatoms. The molecule has 0 radical (unpaired) electrons. The zero-order valence-electron chi connectivity index (χ0n) is 13.6.